The van der Waals surface area contributed by atoms with E-state index in [2.05, 4.69) is 4.90 Å². The van der Waals surface area contributed by atoms with E-state index in [4.69, 9.17) is 14.2 Å². The molecule has 0 saturated carbocycles. The zero-order chi connectivity index (χ0) is 23.2. The number of nitrogens with zero attached hydrogens (tertiary/aromatic N) is 2. The van der Waals surface area contributed by atoms with E-state index in [0.29, 0.717) is 37.9 Å². The maximum atomic E-state index is 13.3. The van der Waals surface area contributed by atoms with Gasteiger partial charge in [-0.1, -0.05) is 12.1 Å². The van der Waals surface area contributed by atoms with E-state index in [1.165, 1.54) is 23.9 Å². The van der Waals surface area contributed by atoms with Gasteiger partial charge in [-0.3, -0.25) is 14.6 Å². The van der Waals surface area contributed by atoms with E-state index in [0.717, 1.165) is 29.9 Å². The molecular weight excluding hydrogens is 447 g/mol. The summed E-state index contributed by atoms with van der Waals surface area (Å²) < 4.78 is 29.5. The normalized spacial score (nSPS) is 19.0. The Balaban J connectivity index is 1.33. The molecule has 176 valence electrons. The van der Waals surface area contributed by atoms with E-state index in [1.807, 2.05) is 13.0 Å². The predicted molar refractivity (Wildman–Crippen MR) is 124 cm³/mol. The molecule has 0 spiro atoms. The van der Waals surface area contributed by atoms with Crippen molar-refractivity contribution in [3.63, 3.8) is 0 Å². The number of ether oxygens (including phenoxy) is 3. The number of amides is 1. The number of thioether (sulfide) groups is 1. The van der Waals surface area contributed by atoms with Gasteiger partial charge in [0.15, 0.2) is 6.61 Å². The van der Waals surface area contributed by atoms with Crippen LogP contribution in [-0.4, -0.2) is 68.6 Å². The lowest BCUT2D eigenvalue weighted by atomic mass is 10.1. The van der Waals surface area contributed by atoms with Crippen LogP contribution in [0.1, 0.15) is 16.5 Å². The average molecular weight is 475 g/mol. The van der Waals surface area contributed by atoms with Crippen molar-refractivity contribution in [2.24, 2.45) is 0 Å². The summed E-state index contributed by atoms with van der Waals surface area (Å²) in [6.07, 6.45) is 0. The van der Waals surface area contributed by atoms with Crippen LogP contribution in [0.5, 0.6) is 5.75 Å². The Hall–Kier alpha value is -2.62. The van der Waals surface area contributed by atoms with Gasteiger partial charge in [-0.2, -0.15) is 0 Å². The molecule has 4 rings (SSSR count). The van der Waals surface area contributed by atoms with Crippen LogP contribution < -0.4 is 9.64 Å². The SMILES string of the molecule is Cc1cc(OCC(=O)OCCN2CCOCC2)ccc1N1C(=O)CSC1c1ccc(F)cc1. The number of carbonyl (C=O) groups is 2. The number of benzene rings is 2. The Morgan fingerprint density at radius 2 is 1.94 bits per heavy atom. The molecule has 2 aliphatic heterocycles. The molecule has 0 N–H and O–H groups in total. The molecule has 2 aromatic rings. The standard InChI is InChI=1S/C24H27FN2O5S/c1-17-14-20(32-15-23(29)31-13-10-26-8-11-30-12-9-26)6-7-21(17)27-22(28)16-33-24(27)18-2-4-19(25)5-3-18/h2-7,14,24H,8-13,15-16H2,1H3. The number of hydrogen-bond acceptors (Lipinski definition) is 7. The van der Waals surface area contributed by atoms with Gasteiger partial charge in [0.05, 0.1) is 19.0 Å². The molecule has 1 atom stereocenters. The molecule has 33 heavy (non-hydrogen) atoms. The average Bonchev–Trinajstić information content (AvgIpc) is 3.20. The van der Waals surface area contributed by atoms with Crippen LogP contribution in [0.15, 0.2) is 42.5 Å². The molecular formula is C24H27FN2O5S. The smallest absolute Gasteiger partial charge is 0.344 e. The molecule has 0 radical (unpaired) electrons. The maximum Gasteiger partial charge on any atom is 0.344 e. The first-order chi connectivity index (χ1) is 16.0. The minimum absolute atomic E-state index is 0.00469. The molecule has 0 aliphatic carbocycles. The van der Waals surface area contributed by atoms with Crippen LogP contribution in [0.4, 0.5) is 10.1 Å². The molecule has 2 heterocycles. The van der Waals surface area contributed by atoms with Gasteiger partial charge in [0.1, 0.15) is 23.5 Å². The third kappa shape index (κ3) is 6.04. The second kappa shape index (κ2) is 11.0. The zero-order valence-electron chi connectivity index (χ0n) is 18.5. The Bertz CT molecular complexity index is 981. The summed E-state index contributed by atoms with van der Waals surface area (Å²) in [5.74, 6) is 0.147. The topological polar surface area (TPSA) is 68.3 Å². The minimum Gasteiger partial charge on any atom is -0.482 e. The predicted octanol–water partition coefficient (Wildman–Crippen LogP) is 3.17. The van der Waals surface area contributed by atoms with Crippen molar-refractivity contribution in [3.05, 3.63) is 59.4 Å². The van der Waals surface area contributed by atoms with Crippen molar-refractivity contribution in [3.8, 4) is 5.75 Å². The highest BCUT2D eigenvalue weighted by atomic mass is 32.2. The third-order valence-corrected chi connectivity index (χ3v) is 6.79. The van der Waals surface area contributed by atoms with Gasteiger partial charge in [-0.05, 0) is 48.4 Å². The first-order valence-electron chi connectivity index (χ1n) is 10.9. The molecule has 7 nitrogen and oxygen atoms in total. The van der Waals surface area contributed by atoms with Gasteiger partial charge >= 0.3 is 5.97 Å². The van der Waals surface area contributed by atoms with Gasteiger partial charge in [0.2, 0.25) is 5.91 Å². The summed E-state index contributed by atoms with van der Waals surface area (Å²) in [7, 11) is 0. The van der Waals surface area contributed by atoms with Gasteiger partial charge < -0.3 is 14.2 Å². The summed E-state index contributed by atoms with van der Waals surface area (Å²) in [4.78, 5) is 28.6. The Kier molecular flexibility index (Phi) is 7.85. The summed E-state index contributed by atoms with van der Waals surface area (Å²) in [6, 6.07) is 11.6. The fraction of sp³-hybridized carbons (Fsp3) is 0.417. The first kappa shape index (κ1) is 23.5. The number of halogens is 1. The zero-order valence-corrected chi connectivity index (χ0v) is 19.3. The van der Waals surface area contributed by atoms with E-state index in [1.54, 1.807) is 29.2 Å². The van der Waals surface area contributed by atoms with Crippen LogP contribution >= 0.6 is 11.8 Å². The van der Waals surface area contributed by atoms with Gasteiger partial charge in [-0.25, -0.2) is 9.18 Å². The minimum atomic E-state index is -0.424. The van der Waals surface area contributed by atoms with E-state index in [9.17, 15) is 14.0 Å². The Labute approximate surface area is 196 Å². The molecule has 1 unspecified atom stereocenters. The third-order valence-electron chi connectivity index (χ3n) is 5.58. The quantitative estimate of drug-likeness (QED) is 0.545. The highest BCUT2D eigenvalue weighted by molar-refractivity contribution is 8.00. The molecule has 1 amide bonds. The fourth-order valence-electron chi connectivity index (χ4n) is 3.84. The molecule has 0 bridgehead atoms. The van der Waals surface area contributed by atoms with E-state index >= 15 is 0 Å². The largest absolute Gasteiger partial charge is 0.482 e. The lowest BCUT2D eigenvalue weighted by Gasteiger charge is -2.26. The highest BCUT2D eigenvalue weighted by Crippen LogP contribution is 2.43. The Morgan fingerprint density at radius 3 is 2.67 bits per heavy atom. The second-order valence-corrected chi connectivity index (χ2v) is 8.96. The van der Waals surface area contributed by atoms with Crippen LogP contribution in [0, 0.1) is 12.7 Å². The molecule has 9 heteroatoms. The summed E-state index contributed by atoms with van der Waals surface area (Å²) in [6.45, 7) is 5.82. The van der Waals surface area contributed by atoms with Crippen molar-refractivity contribution in [1.29, 1.82) is 0 Å². The van der Waals surface area contributed by atoms with Gasteiger partial charge in [0, 0.05) is 25.3 Å². The van der Waals surface area contributed by atoms with Crippen molar-refractivity contribution in [1.82, 2.24) is 4.90 Å². The number of aryl methyl sites for hydroxylation is 1. The van der Waals surface area contributed by atoms with Crippen molar-refractivity contribution in [2.45, 2.75) is 12.3 Å². The van der Waals surface area contributed by atoms with Crippen molar-refractivity contribution in [2.75, 3.05) is 56.7 Å². The summed E-state index contributed by atoms with van der Waals surface area (Å²) in [5.41, 5.74) is 2.47. The maximum absolute atomic E-state index is 13.3. The van der Waals surface area contributed by atoms with Crippen LogP contribution in [0.25, 0.3) is 0 Å². The number of rotatable bonds is 8. The van der Waals surface area contributed by atoms with Crippen LogP contribution in [0.2, 0.25) is 0 Å². The number of morpholine rings is 1. The van der Waals surface area contributed by atoms with Crippen LogP contribution in [-0.2, 0) is 19.1 Å². The summed E-state index contributed by atoms with van der Waals surface area (Å²) in [5, 5.41) is -0.218. The number of anilines is 1. The molecule has 2 saturated heterocycles. The lowest BCUT2D eigenvalue weighted by molar-refractivity contribution is -0.146. The lowest BCUT2D eigenvalue weighted by Crippen LogP contribution is -2.38. The van der Waals surface area contributed by atoms with E-state index < -0.39 is 5.97 Å². The van der Waals surface area contributed by atoms with Crippen LogP contribution in [0.3, 0.4) is 0 Å². The van der Waals surface area contributed by atoms with Gasteiger partial charge in [-0.15, -0.1) is 11.8 Å². The summed E-state index contributed by atoms with van der Waals surface area (Å²) >= 11 is 1.51. The number of hydrogen-bond donors (Lipinski definition) is 0. The number of esters is 1. The van der Waals surface area contributed by atoms with Crippen molar-refractivity contribution >= 4 is 29.3 Å². The first-order valence-corrected chi connectivity index (χ1v) is 11.9. The molecule has 2 fully saturated rings. The number of carbonyl (C=O) groups excluding carboxylic acids is 2. The van der Waals surface area contributed by atoms with E-state index in [-0.39, 0.29) is 23.7 Å². The molecule has 2 aromatic carbocycles. The van der Waals surface area contributed by atoms with Gasteiger partial charge in [0.25, 0.3) is 0 Å². The second-order valence-electron chi connectivity index (χ2n) is 7.89. The monoisotopic (exact) mass is 474 g/mol. The molecule has 2 aliphatic rings. The molecule has 0 aromatic heterocycles. The fourth-order valence-corrected chi connectivity index (χ4v) is 5.01. The Morgan fingerprint density at radius 1 is 1.18 bits per heavy atom. The van der Waals surface area contributed by atoms with Crippen molar-refractivity contribution < 1.29 is 28.2 Å². The highest BCUT2D eigenvalue weighted by Gasteiger charge is 2.34.